The molecule has 2 aromatic carbocycles. The normalized spacial score (nSPS) is 12.3. The molecule has 0 spiro atoms. The van der Waals surface area contributed by atoms with Crippen molar-refractivity contribution in [3.8, 4) is 0 Å². The van der Waals surface area contributed by atoms with Crippen molar-refractivity contribution in [1.29, 1.82) is 0 Å². The fraction of sp³-hybridized carbons (Fsp3) is 0.294. The Kier molecular flexibility index (Phi) is 5.44. The molecule has 0 heterocycles. The highest BCUT2D eigenvalue weighted by Crippen LogP contribution is 2.19. The van der Waals surface area contributed by atoms with Gasteiger partial charge in [0.1, 0.15) is 0 Å². The van der Waals surface area contributed by atoms with Gasteiger partial charge < -0.3 is 4.74 Å². The second-order valence-corrected chi connectivity index (χ2v) is 5.31. The summed E-state index contributed by atoms with van der Waals surface area (Å²) in [5.41, 5.74) is 2.41. The van der Waals surface area contributed by atoms with Gasteiger partial charge in [-0.15, -0.1) is 0 Å². The molecule has 0 unspecified atom stereocenters. The highest BCUT2D eigenvalue weighted by Gasteiger charge is 2.06. The van der Waals surface area contributed by atoms with Gasteiger partial charge >= 0.3 is 0 Å². The van der Waals surface area contributed by atoms with Crippen molar-refractivity contribution in [3.63, 3.8) is 0 Å². The van der Waals surface area contributed by atoms with Gasteiger partial charge in [0.25, 0.3) is 0 Å². The van der Waals surface area contributed by atoms with Crippen LogP contribution >= 0.6 is 11.6 Å². The molecular formula is C17H19ClO. The number of halogens is 1. The smallest absolute Gasteiger partial charge is 0.0717 e. The molecule has 0 amide bonds. The summed E-state index contributed by atoms with van der Waals surface area (Å²) < 4.78 is 5.75. The topological polar surface area (TPSA) is 9.23 Å². The number of hydrogen-bond donors (Lipinski definition) is 0. The Morgan fingerprint density at radius 3 is 2.42 bits per heavy atom. The standard InChI is InChI=1S/C17H19ClO/c1-14(11-16-9-5-6-10-17(16)18)12-19-13-15-7-3-2-4-8-15/h2-10,14H,11-13H2,1H3/t14-/m0/s1. The molecule has 19 heavy (non-hydrogen) atoms. The van der Waals surface area contributed by atoms with Crippen LogP contribution in [-0.4, -0.2) is 6.61 Å². The third-order valence-electron chi connectivity index (χ3n) is 3.04. The van der Waals surface area contributed by atoms with Crippen LogP contribution in [0, 0.1) is 5.92 Å². The molecule has 0 aliphatic rings. The number of ether oxygens (including phenoxy) is 1. The van der Waals surface area contributed by atoms with Crippen LogP contribution in [0.25, 0.3) is 0 Å². The van der Waals surface area contributed by atoms with Gasteiger partial charge in [0, 0.05) is 11.6 Å². The highest BCUT2D eigenvalue weighted by atomic mass is 35.5. The summed E-state index contributed by atoms with van der Waals surface area (Å²) in [4.78, 5) is 0. The molecule has 0 saturated carbocycles. The van der Waals surface area contributed by atoms with Gasteiger partial charge in [0.15, 0.2) is 0 Å². The molecule has 0 fully saturated rings. The van der Waals surface area contributed by atoms with Crippen LogP contribution in [0.4, 0.5) is 0 Å². The summed E-state index contributed by atoms with van der Waals surface area (Å²) in [7, 11) is 0. The number of rotatable bonds is 6. The van der Waals surface area contributed by atoms with Crippen molar-refractivity contribution in [1.82, 2.24) is 0 Å². The minimum absolute atomic E-state index is 0.462. The summed E-state index contributed by atoms with van der Waals surface area (Å²) >= 11 is 6.16. The van der Waals surface area contributed by atoms with E-state index in [1.807, 2.05) is 36.4 Å². The van der Waals surface area contributed by atoms with Crippen molar-refractivity contribution in [2.45, 2.75) is 20.0 Å². The second kappa shape index (κ2) is 7.32. The first kappa shape index (κ1) is 14.1. The van der Waals surface area contributed by atoms with E-state index in [-0.39, 0.29) is 0 Å². The van der Waals surface area contributed by atoms with Crippen molar-refractivity contribution in [2.75, 3.05) is 6.61 Å². The molecule has 100 valence electrons. The maximum absolute atomic E-state index is 6.16. The van der Waals surface area contributed by atoms with Crippen LogP contribution < -0.4 is 0 Å². The van der Waals surface area contributed by atoms with E-state index in [2.05, 4.69) is 25.1 Å². The molecule has 1 nitrogen and oxygen atoms in total. The lowest BCUT2D eigenvalue weighted by Gasteiger charge is -2.13. The first-order valence-corrected chi connectivity index (χ1v) is 6.98. The lowest BCUT2D eigenvalue weighted by Crippen LogP contribution is -2.09. The Morgan fingerprint density at radius 1 is 1.00 bits per heavy atom. The van der Waals surface area contributed by atoms with Gasteiger partial charge in [-0.05, 0) is 29.5 Å². The molecule has 0 radical (unpaired) electrons. The third-order valence-corrected chi connectivity index (χ3v) is 3.41. The molecule has 2 aromatic rings. The van der Waals surface area contributed by atoms with Crippen LogP contribution in [0.2, 0.25) is 5.02 Å². The zero-order valence-corrected chi connectivity index (χ0v) is 11.9. The Balaban J connectivity index is 1.76. The van der Waals surface area contributed by atoms with Gasteiger partial charge in [0.05, 0.1) is 6.61 Å². The van der Waals surface area contributed by atoms with E-state index >= 15 is 0 Å². The zero-order chi connectivity index (χ0) is 13.5. The molecule has 2 heteroatoms. The molecular weight excluding hydrogens is 256 g/mol. The Labute approximate surface area is 120 Å². The predicted molar refractivity (Wildman–Crippen MR) is 80.4 cm³/mol. The fourth-order valence-corrected chi connectivity index (χ4v) is 2.26. The molecule has 0 aliphatic heterocycles. The monoisotopic (exact) mass is 274 g/mol. The van der Waals surface area contributed by atoms with E-state index < -0.39 is 0 Å². The van der Waals surface area contributed by atoms with E-state index in [9.17, 15) is 0 Å². The van der Waals surface area contributed by atoms with Crippen LogP contribution in [0.1, 0.15) is 18.1 Å². The van der Waals surface area contributed by atoms with Crippen LogP contribution in [0.15, 0.2) is 54.6 Å². The fourth-order valence-electron chi connectivity index (χ4n) is 2.05. The maximum atomic E-state index is 6.16. The predicted octanol–water partition coefficient (Wildman–Crippen LogP) is 4.74. The Hall–Kier alpha value is -1.31. The van der Waals surface area contributed by atoms with Gasteiger partial charge in [-0.3, -0.25) is 0 Å². The first-order chi connectivity index (χ1) is 9.25. The SMILES string of the molecule is C[C@H](COCc1ccccc1)Cc1ccccc1Cl. The molecule has 0 aromatic heterocycles. The third kappa shape index (κ3) is 4.70. The van der Waals surface area contributed by atoms with E-state index in [0.717, 1.165) is 18.1 Å². The largest absolute Gasteiger partial charge is 0.376 e. The summed E-state index contributed by atoms with van der Waals surface area (Å²) in [6, 6.07) is 18.3. The average molecular weight is 275 g/mol. The van der Waals surface area contributed by atoms with Gasteiger partial charge in [-0.1, -0.05) is 67.1 Å². The molecule has 0 N–H and O–H groups in total. The van der Waals surface area contributed by atoms with Crippen molar-refractivity contribution in [3.05, 3.63) is 70.7 Å². The van der Waals surface area contributed by atoms with Crippen LogP contribution in [-0.2, 0) is 17.8 Å². The zero-order valence-electron chi connectivity index (χ0n) is 11.2. The van der Waals surface area contributed by atoms with Gasteiger partial charge in [0.2, 0.25) is 0 Å². The first-order valence-electron chi connectivity index (χ1n) is 6.61. The quantitative estimate of drug-likeness (QED) is 0.740. The summed E-state index contributed by atoms with van der Waals surface area (Å²) in [6.07, 6.45) is 0.953. The van der Waals surface area contributed by atoms with Crippen LogP contribution in [0.5, 0.6) is 0 Å². The number of hydrogen-bond acceptors (Lipinski definition) is 1. The van der Waals surface area contributed by atoms with Gasteiger partial charge in [-0.25, -0.2) is 0 Å². The maximum Gasteiger partial charge on any atom is 0.0717 e. The van der Waals surface area contributed by atoms with E-state index in [1.54, 1.807) is 0 Å². The van der Waals surface area contributed by atoms with E-state index in [0.29, 0.717) is 12.5 Å². The van der Waals surface area contributed by atoms with E-state index in [1.165, 1.54) is 11.1 Å². The average Bonchev–Trinajstić information content (AvgIpc) is 2.43. The Bertz CT molecular complexity index is 496. The lowest BCUT2D eigenvalue weighted by molar-refractivity contribution is 0.0922. The lowest BCUT2D eigenvalue weighted by atomic mass is 10.0. The molecule has 2 rings (SSSR count). The highest BCUT2D eigenvalue weighted by molar-refractivity contribution is 6.31. The molecule has 0 bridgehead atoms. The second-order valence-electron chi connectivity index (χ2n) is 4.90. The molecule has 0 aliphatic carbocycles. The summed E-state index contributed by atoms with van der Waals surface area (Å²) in [5.74, 6) is 0.462. The van der Waals surface area contributed by atoms with Crippen LogP contribution in [0.3, 0.4) is 0 Å². The number of benzene rings is 2. The molecule has 0 saturated heterocycles. The van der Waals surface area contributed by atoms with Gasteiger partial charge in [-0.2, -0.15) is 0 Å². The van der Waals surface area contributed by atoms with Crippen molar-refractivity contribution >= 4 is 11.6 Å². The summed E-state index contributed by atoms with van der Waals surface area (Å²) in [5, 5.41) is 0.845. The Morgan fingerprint density at radius 2 is 1.68 bits per heavy atom. The van der Waals surface area contributed by atoms with Crippen molar-refractivity contribution < 1.29 is 4.74 Å². The molecule has 1 atom stereocenters. The minimum Gasteiger partial charge on any atom is -0.376 e. The van der Waals surface area contributed by atoms with Crippen molar-refractivity contribution in [2.24, 2.45) is 5.92 Å². The summed E-state index contributed by atoms with van der Waals surface area (Å²) in [6.45, 7) is 3.61. The van der Waals surface area contributed by atoms with E-state index in [4.69, 9.17) is 16.3 Å². The minimum atomic E-state index is 0.462.